The van der Waals surface area contributed by atoms with Gasteiger partial charge >= 0.3 is 0 Å². The molecule has 0 N–H and O–H groups in total. The molecule has 8 aromatic carbocycles. The third-order valence-electron chi connectivity index (χ3n) is 12.6. The summed E-state index contributed by atoms with van der Waals surface area (Å²) in [6.07, 6.45) is 3.82. The minimum absolute atomic E-state index is 0.656. The summed E-state index contributed by atoms with van der Waals surface area (Å²) in [5.74, 6) is 0.656. The molecule has 63 heavy (non-hydrogen) atoms. The summed E-state index contributed by atoms with van der Waals surface area (Å²) in [5.41, 5.74) is 14.8. The van der Waals surface area contributed by atoms with Crippen LogP contribution in [0.4, 0.5) is 0 Å². The molecule has 0 radical (unpaired) electrons. The normalized spacial score (nSPS) is 11.8. The molecule has 13 aromatic rings. The van der Waals surface area contributed by atoms with E-state index in [1.165, 1.54) is 38.0 Å². The molecular weight excluding hydrogens is 769 g/mol. The van der Waals surface area contributed by atoms with E-state index in [2.05, 4.69) is 225 Å². The molecule has 6 heteroatoms. The van der Waals surface area contributed by atoms with Gasteiger partial charge in [-0.2, -0.15) is 0 Å². The van der Waals surface area contributed by atoms with E-state index < -0.39 is 0 Å². The van der Waals surface area contributed by atoms with Crippen LogP contribution in [0.5, 0.6) is 0 Å². The van der Waals surface area contributed by atoms with E-state index in [1.54, 1.807) is 0 Å². The van der Waals surface area contributed by atoms with Gasteiger partial charge in [0, 0.05) is 72.8 Å². The van der Waals surface area contributed by atoms with Gasteiger partial charge < -0.3 is 13.7 Å². The number of rotatable bonds is 6. The molecule has 294 valence electrons. The van der Waals surface area contributed by atoms with E-state index in [0.717, 1.165) is 72.6 Å². The number of benzene rings is 8. The van der Waals surface area contributed by atoms with Gasteiger partial charge in [0.2, 0.25) is 0 Å². The van der Waals surface area contributed by atoms with Crippen LogP contribution in [-0.2, 0) is 0 Å². The first-order chi connectivity index (χ1) is 31.3. The fraction of sp³-hybridized carbons (Fsp3) is 0. The Hall–Kier alpha value is -8.61. The summed E-state index contributed by atoms with van der Waals surface area (Å²) >= 11 is 0. The smallest absolute Gasteiger partial charge is 0.160 e. The number of hydrogen-bond donors (Lipinski definition) is 0. The van der Waals surface area contributed by atoms with Gasteiger partial charge in [0.05, 0.1) is 50.2 Å². The van der Waals surface area contributed by atoms with E-state index >= 15 is 0 Å². The summed E-state index contributed by atoms with van der Waals surface area (Å²) in [6.45, 7) is 0. The van der Waals surface area contributed by atoms with Crippen LogP contribution in [-0.4, -0.2) is 28.7 Å². The molecule has 0 aliphatic heterocycles. The second-order valence-electron chi connectivity index (χ2n) is 16.1. The summed E-state index contributed by atoms with van der Waals surface area (Å²) in [6, 6.07) is 73.3. The highest BCUT2D eigenvalue weighted by Crippen LogP contribution is 2.39. The van der Waals surface area contributed by atoms with Gasteiger partial charge in [0.15, 0.2) is 5.82 Å². The number of hydrogen-bond acceptors (Lipinski definition) is 3. The van der Waals surface area contributed by atoms with Crippen LogP contribution in [0.15, 0.2) is 219 Å². The van der Waals surface area contributed by atoms with E-state index in [9.17, 15) is 0 Å². The fourth-order valence-corrected chi connectivity index (χ4v) is 9.76. The van der Waals surface area contributed by atoms with Crippen molar-refractivity contribution in [2.45, 2.75) is 0 Å². The molecule has 0 saturated heterocycles. The maximum atomic E-state index is 5.41. The number of pyridine rings is 1. The number of fused-ring (bicyclic) bond motifs is 9. The molecule has 0 spiro atoms. The van der Waals surface area contributed by atoms with Crippen molar-refractivity contribution in [3.05, 3.63) is 219 Å². The number of nitrogens with zero attached hydrogens (tertiary/aromatic N) is 6. The van der Waals surface area contributed by atoms with E-state index in [0.29, 0.717) is 5.82 Å². The summed E-state index contributed by atoms with van der Waals surface area (Å²) in [7, 11) is 0. The monoisotopic (exact) mass is 804 g/mol. The zero-order valence-electron chi connectivity index (χ0n) is 34.0. The molecule has 0 aliphatic carbocycles. The van der Waals surface area contributed by atoms with E-state index in [1.807, 2.05) is 12.4 Å². The predicted molar refractivity (Wildman–Crippen MR) is 259 cm³/mol. The lowest BCUT2D eigenvalue weighted by molar-refractivity contribution is 1.14. The van der Waals surface area contributed by atoms with Crippen LogP contribution in [0.25, 0.3) is 116 Å². The van der Waals surface area contributed by atoms with Gasteiger partial charge in [-0.3, -0.25) is 4.98 Å². The molecule has 13 rings (SSSR count). The second kappa shape index (κ2) is 14.0. The lowest BCUT2D eigenvalue weighted by atomic mass is 10.0. The maximum absolute atomic E-state index is 5.41. The van der Waals surface area contributed by atoms with Crippen molar-refractivity contribution in [2.24, 2.45) is 0 Å². The van der Waals surface area contributed by atoms with Crippen molar-refractivity contribution in [1.82, 2.24) is 28.7 Å². The third-order valence-corrected chi connectivity index (χ3v) is 12.6. The standard InChI is InChI=1S/C57H36N6/c1-7-19-50-41(13-1)42-14-2-8-20-51(42)61(50)39-29-25-37(26-30-39)48-35-49(46-18-6-12-24-55(46)63-53-22-10-3-15-43(53)44-16-4-11-23-54(44)63)60-57(59-48)38-27-31-40(32-28-38)62-52-21-9-5-17-45(52)47-36-58-34-33-56(47)62/h1-36H. The topological polar surface area (TPSA) is 53.5 Å². The van der Waals surface area contributed by atoms with Crippen LogP contribution in [0.1, 0.15) is 0 Å². The molecule has 6 nitrogen and oxygen atoms in total. The molecule has 0 unspecified atom stereocenters. The first-order valence-corrected chi connectivity index (χ1v) is 21.3. The SMILES string of the molecule is c1ccc(-n2c3ccccc3c3ccccc32)c(-c2cc(-c3ccc(-n4c5ccccc5c5ccccc54)cc3)nc(-c3ccc(-n4c5ccccc5c5cnccc54)cc3)n2)c1. The van der Waals surface area contributed by atoms with Gasteiger partial charge in [0.25, 0.3) is 0 Å². The van der Waals surface area contributed by atoms with Crippen LogP contribution in [0.3, 0.4) is 0 Å². The zero-order chi connectivity index (χ0) is 41.4. The van der Waals surface area contributed by atoms with Gasteiger partial charge in [-0.25, -0.2) is 9.97 Å². The van der Waals surface area contributed by atoms with Gasteiger partial charge in [-0.1, -0.05) is 121 Å². The molecule has 0 amide bonds. The lowest BCUT2D eigenvalue weighted by Gasteiger charge is -2.16. The van der Waals surface area contributed by atoms with Crippen LogP contribution >= 0.6 is 0 Å². The Balaban J connectivity index is 0.987. The Bertz CT molecular complexity index is 3570. The largest absolute Gasteiger partial charge is 0.309 e. The van der Waals surface area contributed by atoms with Gasteiger partial charge in [-0.05, 0) is 84.9 Å². The Morgan fingerprint density at radius 3 is 1.27 bits per heavy atom. The second-order valence-corrected chi connectivity index (χ2v) is 16.1. The minimum Gasteiger partial charge on any atom is -0.309 e. The average molecular weight is 805 g/mol. The predicted octanol–water partition coefficient (Wildman–Crippen LogP) is 14.2. The van der Waals surface area contributed by atoms with Gasteiger partial charge in [-0.15, -0.1) is 0 Å². The van der Waals surface area contributed by atoms with Crippen molar-refractivity contribution >= 4 is 65.4 Å². The molecule has 0 atom stereocenters. The zero-order valence-corrected chi connectivity index (χ0v) is 34.0. The Morgan fingerprint density at radius 1 is 0.317 bits per heavy atom. The first kappa shape index (κ1) is 35.2. The van der Waals surface area contributed by atoms with Crippen LogP contribution in [0.2, 0.25) is 0 Å². The highest BCUT2D eigenvalue weighted by atomic mass is 15.0. The lowest BCUT2D eigenvalue weighted by Crippen LogP contribution is -2.01. The molecule has 0 aliphatic rings. The first-order valence-electron chi connectivity index (χ1n) is 21.3. The maximum Gasteiger partial charge on any atom is 0.160 e. The van der Waals surface area contributed by atoms with Crippen molar-refractivity contribution in [1.29, 1.82) is 0 Å². The van der Waals surface area contributed by atoms with E-state index in [4.69, 9.17) is 9.97 Å². The Morgan fingerprint density at radius 2 is 0.730 bits per heavy atom. The highest BCUT2D eigenvalue weighted by molar-refractivity contribution is 6.11. The van der Waals surface area contributed by atoms with Crippen LogP contribution < -0.4 is 0 Å². The van der Waals surface area contributed by atoms with Crippen LogP contribution in [0, 0.1) is 0 Å². The Labute approximate surface area is 362 Å². The summed E-state index contributed by atoms with van der Waals surface area (Å²) in [4.78, 5) is 15.2. The molecular formula is C57H36N6. The number of para-hydroxylation sites is 6. The molecule has 0 fully saturated rings. The van der Waals surface area contributed by atoms with Gasteiger partial charge in [0.1, 0.15) is 0 Å². The van der Waals surface area contributed by atoms with Crippen molar-refractivity contribution < 1.29 is 0 Å². The third kappa shape index (κ3) is 5.48. The van der Waals surface area contributed by atoms with Crippen molar-refractivity contribution in [3.8, 4) is 51.0 Å². The summed E-state index contributed by atoms with van der Waals surface area (Å²) < 4.78 is 7.03. The molecule has 0 bridgehead atoms. The highest BCUT2D eigenvalue weighted by Gasteiger charge is 2.19. The molecule has 5 aromatic heterocycles. The number of aromatic nitrogens is 6. The fourth-order valence-electron chi connectivity index (χ4n) is 9.76. The van der Waals surface area contributed by atoms with Crippen molar-refractivity contribution in [3.63, 3.8) is 0 Å². The van der Waals surface area contributed by atoms with Crippen molar-refractivity contribution in [2.75, 3.05) is 0 Å². The minimum atomic E-state index is 0.656. The average Bonchev–Trinajstić information content (AvgIpc) is 4.00. The molecule has 5 heterocycles. The molecule has 0 saturated carbocycles. The Kier molecular flexibility index (Phi) is 7.80. The summed E-state index contributed by atoms with van der Waals surface area (Å²) in [5, 5.41) is 7.22. The van der Waals surface area contributed by atoms with E-state index in [-0.39, 0.29) is 0 Å². The quantitative estimate of drug-likeness (QED) is 0.168.